The number of nitrogens with one attached hydrogen (secondary N) is 1. The number of aromatic nitrogens is 3. The van der Waals surface area contributed by atoms with Crippen LogP contribution in [0, 0.1) is 8.91 Å². The third kappa shape index (κ3) is 5.28. The minimum Gasteiger partial charge on any atom is -0.595 e. The Morgan fingerprint density at radius 3 is 2.72 bits per heavy atom. The summed E-state index contributed by atoms with van der Waals surface area (Å²) in [7, 11) is 0. The molecule has 1 unspecified atom stereocenters. The maximum atomic E-state index is 13.3. The van der Waals surface area contributed by atoms with E-state index in [0.29, 0.717) is 0 Å². The minimum atomic E-state index is -1.18. The van der Waals surface area contributed by atoms with Crippen LogP contribution < -0.4 is 20.5 Å². The molecule has 1 aliphatic heterocycles. The molecule has 154 valence electrons. The van der Waals surface area contributed by atoms with Gasteiger partial charge in [0.1, 0.15) is 16.5 Å². The number of halogens is 3. The molecule has 1 N–H and O–H groups in total. The Kier molecular flexibility index (Phi) is 6.54. The fourth-order valence-electron chi connectivity index (χ4n) is 2.52. The Hall–Kier alpha value is -1.66. The highest BCUT2D eigenvalue weighted by Crippen LogP contribution is 2.36. The minimum absolute atomic E-state index is 0.0565. The van der Waals surface area contributed by atoms with Crippen LogP contribution in [0.5, 0.6) is 5.75 Å². The molecule has 0 bridgehead atoms. The third-order valence-corrected chi connectivity index (χ3v) is 4.91. The van der Waals surface area contributed by atoms with Gasteiger partial charge in [0.25, 0.3) is 5.56 Å². The molecule has 3 heterocycles. The second-order valence-electron chi connectivity index (χ2n) is 6.91. The number of pyridine rings is 1. The smallest absolute Gasteiger partial charge is 0.319 e. The molecule has 0 aliphatic carbocycles. The van der Waals surface area contributed by atoms with Gasteiger partial charge in [0.2, 0.25) is 5.75 Å². The number of allylic oxidation sites excluding steroid dienone is 2. The van der Waals surface area contributed by atoms with Crippen molar-refractivity contribution in [3.8, 4) is 5.75 Å². The van der Waals surface area contributed by atoms with Crippen LogP contribution in [0.2, 0.25) is 5.02 Å². The molecule has 0 saturated heterocycles. The van der Waals surface area contributed by atoms with Crippen molar-refractivity contribution >= 4 is 51.6 Å². The molecule has 29 heavy (non-hydrogen) atoms. The van der Waals surface area contributed by atoms with E-state index in [1.165, 1.54) is 12.4 Å². The molecule has 0 spiro atoms. The zero-order chi connectivity index (χ0) is 21.2. The summed E-state index contributed by atoms with van der Waals surface area (Å²) in [6.07, 6.45) is 7.65. The van der Waals surface area contributed by atoms with Crippen LogP contribution in [0.4, 0.5) is 5.82 Å². The van der Waals surface area contributed by atoms with Crippen LogP contribution in [-0.2, 0) is 13.2 Å². The van der Waals surface area contributed by atoms with Gasteiger partial charge in [-0.1, -0.05) is 17.7 Å². The number of quaternary nitrogens is 1. The number of hydroxylamine groups is 1. The standard InChI is InChI=1S/C18H18Cl2IN5O3/c1-18(2,20)11-25-17(27)14(19)15(29-10-12-5-6-13(21)22-9-12)16(24-25)26(28)8-4-3-7-23-26/h3-9,23H,10-11H2,1-2H3. The Bertz CT molecular complexity index is 1020. The Morgan fingerprint density at radius 2 is 2.14 bits per heavy atom. The lowest BCUT2D eigenvalue weighted by molar-refractivity contribution is 0.284. The summed E-state index contributed by atoms with van der Waals surface area (Å²) in [6.45, 7) is 3.57. The number of hydrogen-bond donors (Lipinski definition) is 1. The first-order chi connectivity index (χ1) is 13.6. The first kappa shape index (κ1) is 22.0. The second-order valence-corrected chi connectivity index (χ2v) is 9.42. The van der Waals surface area contributed by atoms with Crippen molar-refractivity contribution in [2.45, 2.75) is 31.9 Å². The summed E-state index contributed by atoms with van der Waals surface area (Å²) in [5.74, 6) is -0.212. The highest BCUT2D eigenvalue weighted by molar-refractivity contribution is 14.1. The first-order valence-corrected chi connectivity index (χ1v) is 10.4. The maximum absolute atomic E-state index is 13.3. The molecule has 11 heteroatoms. The van der Waals surface area contributed by atoms with Gasteiger partial charge in [-0.25, -0.2) is 15.1 Å². The molecule has 2 aromatic heterocycles. The summed E-state index contributed by atoms with van der Waals surface area (Å²) < 4.78 is 6.51. The zero-order valence-corrected chi connectivity index (χ0v) is 19.3. The highest BCUT2D eigenvalue weighted by atomic mass is 127. The predicted octanol–water partition coefficient (Wildman–Crippen LogP) is 3.84. The second kappa shape index (κ2) is 8.60. The van der Waals surface area contributed by atoms with Gasteiger partial charge in [0.05, 0.1) is 17.6 Å². The molecule has 0 saturated carbocycles. The van der Waals surface area contributed by atoms with Crippen molar-refractivity contribution in [3.63, 3.8) is 0 Å². The van der Waals surface area contributed by atoms with Crippen LogP contribution in [0.15, 0.2) is 47.7 Å². The monoisotopic (exact) mass is 549 g/mol. The number of alkyl halides is 1. The average Bonchev–Trinajstić information content (AvgIpc) is 2.65. The van der Waals surface area contributed by atoms with E-state index in [4.69, 9.17) is 27.9 Å². The third-order valence-electron chi connectivity index (χ3n) is 3.82. The van der Waals surface area contributed by atoms with Crippen molar-refractivity contribution < 1.29 is 4.74 Å². The van der Waals surface area contributed by atoms with Crippen LogP contribution in [0.3, 0.4) is 0 Å². The molecule has 1 aliphatic rings. The highest BCUT2D eigenvalue weighted by Gasteiger charge is 2.32. The number of nitrogens with zero attached hydrogens (tertiary/aromatic N) is 4. The maximum Gasteiger partial charge on any atom is 0.319 e. The van der Waals surface area contributed by atoms with Crippen molar-refractivity contribution in [1.82, 2.24) is 24.9 Å². The van der Waals surface area contributed by atoms with Crippen LogP contribution in [0.1, 0.15) is 19.4 Å². The van der Waals surface area contributed by atoms with E-state index >= 15 is 0 Å². The fraction of sp³-hybridized carbons (Fsp3) is 0.278. The molecule has 0 fully saturated rings. The Morgan fingerprint density at radius 1 is 1.38 bits per heavy atom. The van der Waals surface area contributed by atoms with E-state index in [1.807, 2.05) is 12.1 Å². The van der Waals surface area contributed by atoms with Gasteiger partial charge in [-0.15, -0.1) is 16.7 Å². The lowest BCUT2D eigenvalue weighted by Gasteiger charge is -2.37. The fourth-order valence-corrected chi connectivity index (χ4v) is 3.19. The largest absolute Gasteiger partial charge is 0.595 e. The predicted molar refractivity (Wildman–Crippen MR) is 121 cm³/mol. The van der Waals surface area contributed by atoms with E-state index in [1.54, 1.807) is 32.2 Å². The van der Waals surface area contributed by atoms with Crippen LogP contribution in [-0.4, -0.2) is 19.6 Å². The van der Waals surface area contributed by atoms with Crippen LogP contribution in [0.25, 0.3) is 0 Å². The summed E-state index contributed by atoms with van der Waals surface area (Å²) in [4.78, 5) is 16.1. The number of rotatable bonds is 6. The molecule has 3 rings (SSSR count). The van der Waals surface area contributed by atoms with Crippen molar-refractivity contribution in [1.29, 1.82) is 0 Å². The Labute approximate surface area is 191 Å². The van der Waals surface area contributed by atoms with Gasteiger partial charge in [-0.3, -0.25) is 4.79 Å². The van der Waals surface area contributed by atoms with E-state index in [0.717, 1.165) is 13.9 Å². The van der Waals surface area contributed by atoms with Crippen molar-refractivity contribution in [2.75, 3.05) is 0 Å². The molecule has 0 radical (unpaired) electrons. The van der Waals surface area contributed by atoms with Gasteiger partial charge >= 0.3 is 5.82 Å². The topological polar surface area (TPSA) is 92.1 Å². The van der Waals surface area contributed by atoms with Crippen LogP contribution >= 0.6 is 45.8 Å². The number of hydrogen-bond acceptors (Lipinski definition) is 6. The molecule has 0 amide bonds. The lowest BCUT2D eigenvalue weighted by Crippen LogP contribution is -2.50. The molecule has 1 atom stereocenters. The molecule has 0 aromatic carbocycles. The SMILES string of the molecule is CC(C)(Cl)Cn1nc([N+]2([O-])C=CC=CN2)c(OCc2ccc(I)nc2)c(Cl)c1=O. The van der Waals surface area contributed by atoms with Crippen molar-refractivity contribution in [3.05, 3.63) is 72.7 Å². The van der Waals surface area contributed by atoms with E-state index in [2.05, 4.69) is 38.1 Å². The van der Waals surface area contributed by atoms with E-state index in [9.17, 15) is 10.0 Å². The summed E-state index contributed by atoms with van der Waals surface area (Å²) in [5, 5.41) is 17.3. The van der Waals surface area contributed by atoms with Gasteiger partial charge in [-0.2, -0.15) is 4.76 Å². The molecular weight excluding hydrogens is 532 g/mol. The van der Waals surface area contributed by atoms with Gasteiger partial charge in [0, 0.05) is 11.8 Å². The van der Waals surface area contributed by atoms with E-state index < -0.39 is 15.2 Å². The molecular formula is C18H18Cl2IN5O3. The van der Waals surface area contributed by atoms with Gasteiger partial charge < -0.3 is 9.94 Å². The average molecular weight is 550 g/mol. The van der Waals surface area contributed by atoms with Gasteiger partial charge in [0.15, 0.2) is 5.02 Å². The lowest BCUT2D eigenvalue weighted by atomic mass is 10.2. The van der Waals surface area contributed by atoms with Gasteiger partial charge in [-0.05, 0) is 54.7 Å². The normalized spacial score (nSPS) is 18.6. The van der Waals surface area contributed by atoms with Crippen molar-refractivity contribution in [2.24, 2.45) is 0 Å². The summed E-state index contributed by atoms with van der Waals surface area (Å²) in [6, 6.07) is 3.65. The molecule has 8 nitrogen and oxygen atoms in total. The summed E-state index contributed by atoms with van der Waals surface area (Å²) >= 11 is 14.7. The zero-order valence-electron chi connectivity index (χ0n) is 15.6. The summed E-state index contributed by atoms with van der Waals surface area (Å²) in [5.41, 5.74) is 2.80. The van der Waals surface area contributed by atoms with E-state index in [-0.39, 0.29) is 29.7 Å². The Balaban J connectivity index is 2.06. The quantitative estimate of drug-likeness (QED) is 0.193. The molecule has 2 aromatic rings. The number of ether oxygens (including phenoxy) is 1. The first-order valence-electron chi connectivity index (χ1n) is 8.54.